The molecule has 112 valence electrons. The molecule has 0 aromatic carbocycles. The van der Waals surface area contributed by atoms with Crippen molar-refractivity contribution in [3.05, 3.63) is 37.1 Å². The monoisotopic (exact) mass is 284 g/mol. The van der Waals surface area contributed by atoms with Crippen molar-refractivity contribution < 1.29 is 4.92 Å². The van der Waals surface area contributed by atoms with Crippen LogP contribution in [0.2, 0.25) is 0 Å². The van der Waals surface area contributed by atoms with Gasteiger partial charge in [-0.05, 0) is 12.5 Å². The van der Waals surface area contributed by atoms with Crippen molar-refractivity contribution in [2.75, 3.05) is 6.54 Å². The molecule has 1 rings (SSSR count). The van der Waals surface area contributed by atoms with E-state index in [-0.39, 0.29) is 12.5 Å². The van der Waals surface area contributed by atoms with Crippen LogP contribution in [-0.4, -0.2) is 26.6 Å². The summed E-state index contributed by atoms with van der Waals surface area (Å²) in [6.07, 6.45) is 0.957. The van der Waals surface area contributed by atoms with Crippen molar-refractivity contribution in [2.45, 2.75) is 33.4 Å². The number of aromatic nitrogens is 2. The number of nitrogens with zero attached hydrogens (tertiary/aromatic N) is 3. The standard InChI is InChI=1S/C12H20N4O4/c1-8(2)13-5-9(3)6-15-11(17)10(16(19)20)7-14(4)12(15)18/h7-9,13H,5-6H2,1-4H3. The Morgan fingerprint density at radius 1 is 1.35 bits per heavy atom. The summed E-state index contributed by atoms with van der Waals surface area (Å²) >= 11 is 0. The maximum Gasteiger partial charge on any atom is 0.350 e. The number of aryl methyl sites for hydroxylation is 1. The number of nitrogens with one attached hydrogen (secondary N) is 1. The van der Waals surface area contributed by atoms with Crippen LogP contribution in [0, 0.1) is 16.0 Å². The van der Waals surface area contributed by atoms with Gasteiger partial charge in [-0.1, -0.05) is 20.8 Å². The maximum absolute atomic E-state index is 11.9. The molecule has 0 amide bonds. The highest BCUT2D eigenvalue weighted by Crippen LogP contribution is 2.01. The maximum atomic E-state index is 11.9. The molecule has 0 spiro atoms. The Labute approximate surface area is 116 Å². The van der Waals surface area contributed by atoms with Crippen LogP contribution in [0.15, 0.2) is 15.8 Å². The third-order valence-corrected chi connectivity index (χ3v) is 2.88. The van der Waals surface area contributed by atoms with E-state index in [1.165, 1.54) is 7.05 Å². The van der Waals surface area contributed by atoms with E-state index < -0.39 is 21.9 Å². The van der Waals surface area contributed by atoms with Crippen LogP contribution in [0.1, 0.15) is 20.8 Å². The van der Waals surface area contributed by atoms with Crippen molar-refractivity contribution >= 4 is 5.69 Å². The first-order chi connectivity index (χ1) is 9.23. The van der Waals surface area contributed by atoms with Crippen LogP contribution in [-0.2, 0) is 13.6 Å². The van der Waals surface area contributed by atoms with E-state index in [4.69, 9.17) is 0 Å². The average Bonchev–Trinajstić information content (AvgIpc) is 2.36. The van der Waals surface area contributed by atoms with E-state index in [9.17, 15) is 19.7 Å². The first-order valence-electron chi connectivity index (χ1n) is 6.42. The first-order valence-corrected chi connectivity index (χ1v) is 6.42. The molecule has 0 aliphatic heterocycles. The third kappa shape index (κ3) is 3.77. The Hall–Kier alpha value is -1.96. The quantitative estimate of drug-likeness (QED) is 0.589. The lowest BCUT2D eigenvalue weighted by Crippen LogP contribution is -2.42. The van der Waals surface area contributed by atoms with E-state index in [1.807, 2.05) is 20.8 Å². The van der Waals surface area contributed by atoms with Gasteiger partial charge in [0, 0.05) is 19.6 Å². The van der Waals surface area contributed by atoms with Crippen molar-refractivity contribution in [3.8, 4) is 0 Å². The highest BCUT2D eigenvalue weighted by atomic mass is 16.6. The molecule has 0 saturated heterocycles. The first kappa shape index (κ1) is 16.1. The molecule has 1 aromatic heterocycles. The number of hydrogen-bond donors (Lipinski definition) is 1. The summed E-state index contributed by atoms with van der Waals surface area (Å²) in [5, 5.41) is 14.0. The zero-order chi connectivity index (χ0) is 15.4. The van der Waals surface area contributed by atoms with Gasteiger partial charge in [-0.25, -0.2) is 4.79 Å². The summed E-state index contributed by atoms with van der Waals surface area (Å²) in [6.45, 7) is 6.62. The summed E-state index contributed by atoms with van der Waals surface area (Å²) in [6, 6.07) is 0.294. The molecule has 8 heteroatoms. The van der Waals surface area contributed by atoms with Gasteiger partial charge in [-0.15, -0.1) is 0 Å². The molecule has 0 aliphatic carbocycles. The SMILES string of the molecule is CC(CNC(C)C)Cn1c(=O)c([N+](=O)[O-])cn(C)c1=O. The molecular weight excluding hydrogens is 264 g/mol. The molecule has 0 radical (unpaired) electrons. The minimum atomic E-state index is -0.852. The fourth-order valence-electron chi connectivity index (χ4n) is 1.81. The molecule has 1 heterocycles. The Kier molecular flexibility index (Phi) is 5.20. The summed E-state index contributed by atoms with van der Waals surface area (Å²) in [7, 11) is 1.39. The molecule has 1 unspecified atom stereocenters. The molecule has 0 fully saturated rings. The van der Waals surface area contributed by atoms with Crippen LogP contribution in [0.3, 0.4) is 0 Å². The lowest BCUT2D eigenvalue weighted by Gasteiger charge is -2.16. The third-order valence-electron chi connectivity index (χ3n) is 2.88. The van der Waals surface area contributed by atoms with Crippen LogP contribution in [0.4, 0.5) is 5.69 Å². The van der Waals surface area contributed by atoms with Gasteiger partial charge in [0.25, 0.3) is 0 Å². The van der Waals surface area contributed by atoms with Crippen LogP contribution < -0.4 is 16.6 Å². The van der Waals surface area contributed by atoms with Crippen molar-refractivity contribution in [1.82, 2.24) is 14.5 Å². The van der Waals surface area contributed by atoms with Crippen molar-refractivity contribution in [3.63, 3.8) is 0 Å². The van der Waals surface area contributed by atoms with Gasteiger partial charge in [0.1, 0.15) is 0 Å². The van der Waals surface area contributed by atoms with Gasteiger partial charge in [0.2, 0.25) is 0 Å². The predicted molar refractivity (Wildman–Crippen MR) is 74.9 cm³/mol. The summed E-state index contributed by atoms with van der Waals surface area (Å²) in [4.78, 5) is 33.9. The lowest BCUT2D eigenvalue weighted by atomic mass is 10.1. The minimum Gasteiger partial charge on any atom is -0.314 e. The molecular formula is C12H20N4O4. The van der Waals surface area contributed by atoms with Gasteiger partial charge >= 0.3 is 16.9 Å². The normalized spacial score (nSPS) is 12.7. The second-order valence-corrected chi connectivity index (χ2v) is 5.25. The Balaban J connectivity index is 3.09. The predicted octanol–water partition coefficient (Wildman–Crippen LogP) is 0.0893. The van der Waals surface area contributed by atoms with Crippen molar-refractivity contribution in [1.29, 1.82) is 0 Å². The second-order valence-electron chi connectivity index (χ2n) is 5.25. The molecule has 0 aliphatic rings. The molecule has 1 atom stereocenters. The second kappa shape index (κ2) is 6.47. The molecule has 8 nitrogen and oxygen atoms in total. The summed E-state index contributed by atoms with van der Waals surface area (Å²) < 4.78 is 1.98. The van der Waals surface area contributed by atoms with Crippen molar-refractivity contribution in [2.24, 2.45) is 13.0 Å². The van der Waals surface area contributed by atoms with Gasteiger partial charge in [-0.2, -0.15) is 0 Å². The van der Waals surface area contributed by atoms with E-state index in [2.05, 4.69) is 5.32 Å². The highest BCUT2D eigenvalue weighted by molar-refractivity contribution is 5.21. The number of nitro groups is 1. The van der Waals surface area contributed by atoms with Crippen LogP contribution >= 0.6 is 0 Å². The van der Waals surface area contributed by atoms with E-state index >= 15 is 0 Å². The van der Waals surface area contributed by atoms with E-state index in [1.54, 1.807) is 0 Å². The number of hydrogen-bond acceptors (Lipinski definition) is 5. The van der Waals surface area contributed by atoms with Crippen LogP contribution in [0.25, 0.3) is 0 Å². The molecule has 1 N–H and O–H groups in total. The van der Waals surface area contributed by atoms with Gasteiger partial charge < -0.3 is 5.32 Å². The molecule has 20 heavy (non-hydrogen) atoms. The van der Waals surface area contributed by atoms with E-state index in [0.29, 0.717) is 12.6 Å². The van der Waals surface area contributed by atoms with Gasteiger partial charge in [0.05, 0.1) is 11.1 Å². The van der Waals surface area contributed by atoms with Crippen LogP contribution in [0.5, 0.6) is 0 Å². The highest BCUT2D eigenvalue weighted by Gasteiger charge is 2.19. The topological polar surface area (TPSA) is 99.2 Å². The molecule has 0 saturated carbocycles. The Morgan fingerprint density at radius 2 is 1.95 bits per heavy atom. The van der Waals surface area contributed by atoms with Gasteiger partial charge in [-0.3, -0.25) is 24.0 Å². The van der Waals surface area contributed by atoms with Gasteiger partial charge in [0.15, 0.2) is 0 Å². The zero-order valence-electron chi connectivity index (χ0n) is 12.1. The Bertz CT molecular complexity index is 602. The molecule has 0 bridgehead atoms. The minimum absolute atomic E-state index is 0.00445. The summed E-state index contributed by atoms with van der Waals surface area (Å²) in [5.74, 6) is 0.00445. The lowest BCUT2D eigenvalue weighted by molar-refractivity contribution is -0.387. The average molecular weight is 284 g/mol. The molecule has 1 aromatic rings. The Morgan fingerprint density at radius 3 is 2.45 bits per heavy atom. The zero-order valence-corrected chi connectivity index (χ0v) is 12.1. The largest absolute Gasteiger partial charge is 0.350 e. The fourth-order valence-corrected chi connectivity index (χ4v) is 1.81. The number of rotatable bonds is 6. The smallest absolute Gasteiger partial charge is 0.314 e. The van der Waals surface area contributed by atoms with E-state index in [0.717, 1.165) is 15.3 Å². The summed E-state index contributed by atoms with van der Waals surface area (Å²) in [5.41, 5.74) is -1.98. The fraction of sp³-hybridized carbons (Fsp3) is 0.667.